The predicted molar refractivity (Wildman–Crippen MR) is 109 cm³/mol. The van der Waals surface area contributed by atoms with Crippen molar-refractivity contribution < 1.29 is 0 Å². The summed E-state index contributed by atoms with van der Waals surface area (Å²) in [5, 5.41) is 8.48. The van der Waals surface area contributed by atoms with Crippen LogP contribution >= 0.6 is 0 Å². The zero-order valence-corrected chi connectivity index (χ0v) is 15.7. The molecule has 0 aliphatic carbocycles. The molecular weight excluding hydrogens is 334 g/mol. The fourth-order valence-electron chi connectivity index (χ4n) is 3.65. The molecule has 4 rings (SSSR count). The topological polar surface area (TPSA) is 45.2 Å². The van der Waals surface area contributed by atoms with Crippen LogP contribution in [0.25, 0.3) is 0 Å². The van der Waals surface area contributed by atoms with Crippen LogP contribution < -0.4 is 9.80 Å². The zero-order valence-electron chi connectivity index (χ0n) is 15.7. The van der Waals surface area contributed by atoms with E-state index in [1.54, 1.807) is 6.20 Å². The predicted octanol–water partition coefficient (Wildman–Crippen LogP) is 4.10. The van der Waals surface area contributed by atoms with Crippen LogP contribution in [0.15, 0.2) is 66.9 Å². The Morgan fingerprint density at radius 1 is 0.963 bits per heavy atom. The van der Waals surface area contributed by atoms with E-state index in [-0.39, 0.29) is 0 Å². The Hall–Kier alpha value is -2.95. The lowest BCUT2D eigenvalue weighted by atomic mass is 9.90. The van der Waals surface area contributed by atoms with Crippen LogP contribution in [0, 0.1) is 5.92 Å². The third-order valence-corrected chi connectivity index (χ3v) is 5.29. The molecule has 27 heavy (non-hydrogen) atoms. The van der Waals surface area contributed by atoms with Crippen LogP contribution in [-0.4, -0.2) is 35.3 Å². The average Bonchev–Trinajstić information content (AvgIpc) is 2.75. The SMILES string of the molecule is CN(c1ccccc1)c1cnnc(N2CCC(Cc3ccccc3)CC2)n1. The third-order valence-electron chi connectivity index (χ3n) is 5.29. The summed E-state index contributed by atoms with van der Waals surface area (Å²) in [5.74, 6) is 2.28. The maximum Gasteiger partial charge on any atom is 0.247 e. The van der Waals surface area contributed by atoms with E-state index >= 15 is 0 Å². The average molecular weight is 359 g/mol. The summed E-state index contributed by atoms with van der Waals surface area (Å²) >= 11 is 0. The molecule has 1 saturated heterocycles. The molecule has 0 atom stereocenters. The largest absolute Gasteiger partial charge is 0.339 e. The molecule has 0 unspecified atom stereocenters. The van der Waals surface area contributed by atoms with Gasteiger partial charge in [0.1, 0.15) is 0 Å². The molecule has 2 heterocycles. The quantitative estimate of drug-likeness (QED) is 0.686. The van der Waals surface area contributed by atoms with Gasteiger partial charge in [0.25, 0.3) is 0 Å². The van der Waals surface area contributed by atoms with Crippen molar-refractivity contribution in [3.8, 4) is 0 Å². The van der Waals surface area contributed by atoms with Crippen molar-refractivity contribution in [3.63, 3.8) is 0 Å². The molecule has 0 spiro atoms. The molecule has 0 amide bonds. The number of aromatic nitrogens is 3. The maximum atomic E-state index is 4.76. The number of piperidine rings is 1. The van der Waals surface area contributed by atoms with Crippen LogP contribution in [0.3, 0.4) is 0 Å². The molecule has 1 aliphatic rings. The second kappa shape index (κ2) is 8.16. The van der Waals surface area contributed by atoms with Gasteiger partial charge in [0.05, 0.1) is 6.20 Å². The van der Waals surface area contributed by atoms with E-state index in [1.807, 2.05) is 30.1 Å². The van der Waals surface area contributed by atoms with Crippen LogP contribution in [0.2, 0.25) is 0 Å². The van der Waals surface area contributed by atoms with Crippen LogP contribution in [0.5, 0.6) is 0 Å². The summed E-state index contributed by atoms with van der Waals surface area (Å²) in [5.41, 5.74) is 2.52. The summed E-state index contributed by atoms with van der Waals surface area (Å²) in [6.45, 7) is 1.97. The fraction of sp³-hybridized carbons (Fsp3) is 0.318. The van der Waals surface area contributed by atoms with Gasteiger partial charge in [-0.15, -0.1) is 5.10 Å². The Labute approximate surface area is 160 Å². The second-order valence-electron chi connectivity index (χ2n) is 7.13. The molecule has 0 N–H and O–H groups in total. The Balaban J connectivity index is 1.40. The second-order valence-corrected chi connectivity index (χ2v) is 7.13. The number of para-hydroxylation sites is 1. The third kappa shape index (κ3) is 4.25. The maximum absolute atomic E-state index is 4.76. The minimum absolute atomic E-state index is 0.729. The highest BCUT2D eigenvalue weighted by atomic mass is 15.3. The van der Waals surface area contributed by atoms with Gasteiger partial charge in [0.15, 0.2) is 5.82 Å². The van der Waals surface area contributed by atoms with Crippen molar-refractivity contribution in [1.82, 2.24) is 15.2 Å². The Bertz CT molecular complexity index is 845. The first-order valence-electron chi connectivity index (χ1n) is 9.57. The van der Waals surface area contributed by atoms with Gasteiger partial charge >= 0.3 is 0 Å². The first-order chi connectivity index (χ1) is 13.3. The summed E-state index contributed by atoms with van der Waals surface area (Å²) < 4.78 is 0. The number of anilines is 3. The van der Waals surface area contributed by atoms with Crippen molar-refractivity contribution in [2.45, 2.75) is 19.3 Å². The van der Waals surface area contributed by atoms with E-state index in [1.165, 1.54) is 5.56 Å². The van der Waals surface area contributed by atoms with Crippen molar-refractivity contribution in [1.29, 1.82) is 0 Å². The molecule has 5 nitrogen and oxygen atoms in total. The molecule has 1 aromatic heterocycles. The van der Waals surface area contributed by atoms with E-state index in [0.717, 1.165) is 55.7 Å². The summed E-state index contributed by atoms with van der Waals surface area (Å²) in [6.07, 6.45) is 5.21. The number of benzene rings is 2. The van der Waals surface area contributed by atoms with Gasteiger partial charge in [-0.1, -0.05) is 48.5 Å². The first-order valence-corrected chi connectivity index (χ1v) is 9.57. The lowest BCUT2D eigenvalue weighted by Gasteiger charge is -2.32. The molecule has 1 fully saturated rings. The number of rotatable bonds is 5. The zero-order chi connectivity index (χ0) is 18.5. The van der Waals surface area contributed by atoms with Gasteiger partial charge in [-0.25, -0.2) is 0 Å². The molecule has 1 aliphatic heterocycles. The monoisotopic (exact) mass is 359 g/mol. The Morgan fingerprint density at radius 3 is 2.33 bits per heavy atom. The van der Waals surface area contributed by atoms with Gasteiger partial charge in [-0.05, 0) is 42.9 Å². The molecule has 2 aromatic carbocycles. The number of nitrogens with zero attached hydrogens (tertiary/aromatic N) is 5. The molecular formula is C22H25N5. The van der Waals surface area contributed by atoms with Crippen LogP contribution in [0.1, 0.15) is 18.4 Å². The molecule has 0 saturated carbocycles. The highest BCUT2D eigenvalue weighted by molar-refractivity contribution is 5.58. The molecule has 0 bridgehead atoms. The van der Waals surface area contributed by atoms with Crippen LogP contribution in [-0.2, 0) is 6.42 Å². The van der Waals surface area contributed by atoms with Crippen molar-refractivity contribution >= 4 is 17.5 Å². The number of hydrogen-bond donors (Lipinski definition) is 0. The van der Waals surface area contributed by atoms with E-state index in [0.29, 0.717) is 0 Å². The molecule has 3 aromatic rings. The molecule has 138 valence electrons. The smallest absolute Gasteiger partial charge is 0.247 e. The Kier molecular flexibility index (Phi) is 5.28. The summed E-state index contributed by atoms with van der Waals surface area (Å²) in [6, 6.07) is 21.0. The minimum Gasteiger partial charge on any atom is -0.339 e. The van der Waals surface area contributed by atoms with E-state index in [9.17, 15) is 0 Å². The van der Waals surface area contributed by atoms with Gasteiger partial charge in [-0.2, -0.15) is 10.1 Å². The van der Waals surface area contributed by atoms with E-state index < -0.39 is 0 Å². The molecule has 5 heteroatoms. The lowest BCUT2D eigenvalue weighted by molar-refractivity contribution is 0.400. The van der Waals surface area contributed by atoms with Crippen molar-refractivity contribution in [2.24, 2.45) is 5.92 Å². The van der Waals surface area contributed by atoms with Crippen LogP contribution in [0.4, 0.5) is 17.5 Å². The summed E-state index contributed by atoms with van der Waals surface area (Å²) in [4.78, 5) is 9.06. The fourth-order valence-corrected chi connectivity index (χ4v) is 3.65. The highest BCUT2D eigenvalue weighted by Crippen LogP contribution is 2.26. The van der Waals surface area contributed by atoms with Gasteiger partial charge in [-0.3, -0.25) is 0 Å². The van der Waals surface area contributed by atoms with Gasteiger partial charge < -0.3 is 9.80 Å². The Morgan fingerprint density at radius 2 is 1.63 bits per heavy atom. The van der Waals surface area contributed by atoms with E-state index in [4.69, 9.17) is 4.98 Å². The lowest BCUT2D eigenvalue weighted by Crippen LogP contribution is -2.35. The van der Waals surface area contributed by atoms with Gasteiger partial charge in [0, 0.05) is 25.8 Å². The molecule has 0 radical (unpaired) electrons. The number of hydrogen-bond acceptors (Lipinski definition) is 5. The van der Waals surface area contributed by atoms with Gasteiger partial charge in [0.2, 0.25) is 5.95 Å². The highest BCUT2D eigenvalue weighted by Gasteiger charge is 2.22. The van der Waals surface area contributed by atoms with E-state index in [2.05, 4.69) is 57.6 Å². The van der Waals surface area contributed by atoms with Crippen molar-refractivity contribution in [2.75, 3.05) is 29.9 Å². The summed E-state index contributed by atoms with van der Waals surface area (Å²) in [7, 11) is 2.01. The first kappa shape index (κ1) is 17.5. The minimum atomic E-state index is 0.729. The normalized spacial score (nSPS) is 14.9. The van der Waals surface area contributed by atoms with Crippen molar-refractivity contribution in [3.05, 3.63) is 72.4 Å². The standard InChI is InChI=1S/C22H25N5/c1-26(20-10-6-3-7-11-20)21-17-23-25-22(24-21)27-14-12-19(13-15-27)16-18-8-4-2-5-9-18/h2-11,17,19H,12-16H2,1H3.